The number of hydrogen-bond donors (Lipinski definition) is 0. The zero-order valence-electron chi connectivity index (χ0n) is 22.3. The Morgan fingerprint density at radius 3 is 1.62 bits per heavy atom. The third kappa shape index (κ3) is 4.43. The molecule has 0 aliphatic heterocycles. The van der Waals surface area contributed by atoms with Crippen LogP contribution in [0.1, 0.15) is 30.0 Å². The number of para-hydroxylation sites is 1. The van der Waals surface area contributed by atoms with Gasteiger partial charge in [-0.05, 0) is 78.6 Å². The highest BCUT2D eigenvalue weighted by Crippen LogP contribution is 2.60. The smallest absolute Gasteiger partial charge is 0.123 e. The number of hydrogen-bond acceptors (Lipinski definition) is 1. The molecule has 6 aromatic rings. The lowest BCUT2D eigenvalue weighted by molar-refractivity contribution is 0.628. The van der Waals surface area contributed by atoms with Crippen LogP contribution in [0.15, 0.2) is 140 Å². The second-order valence-electron chi connectivity index (χ2n) is 10.6. The summed E-state index contributed by atoms with van der Waals surface area (Å²) < 4.78 is 14.2. The Balaban J connectivity index is 1.59. The molecule has 3 heteroatoms. The van der Waals surface area contributed by atoms with Gasteiger partial charge in [0.1, 0.15) is 35.2 Å². The summed E-state index contributed by atoms with van der Waals surface area (Å²) >= 11 is 0. The van der Waals surface area contributed by atoms with Crippen LogP contribution in [0.2, 0.25) is 0 Å². The molecule has 0 bridgehead atoms. The third-order valence-corrected chi connectivity index (χ3v) is 12.4. The molecule has 0 N–H and O–H groups in total. The van der Waals surface area contributed by atoms with E-state index < -0.39 is 7.26 Å². The van der Waals surface area contributed by atoms with E-state index in [1.165, 1.54) is 32.7 Å². The van der Waals surface area contributed by atoms with Crippen molar-refractivity contribution in [1.29, 1.82) is 0 Å². The van der Waals surface area contributed by atoms with Gasteiger partial charge in [0, 0.05) is 16.9 Å². The molecule has 1 saturated carbocycles. The Hall–Kier alpha value is -4.13. The second kappa shape index (κ2) is 10.5. The van der Waals surface area contributed by atoms with Crippen LogP contribution in [0.4, 0.5) is 4.39 Å². The minimum Gasteiger partial charge on any atom is -0.252 e. The van der Waals surface area contributed by atoms with E-state index >= 15 is 0 Å². The predicted molar refractivity (Wildman–Crippen MR) is 168 cm³/mol. The van der Waals surface area contributed by atoms with Crippen LogP contribution in [-0.4, -0.2) is 4.98 Å². The maximum atomic E-state index is 14.2. The number of benzene rings is 5. The normalized spacial score (nSPS) is 13.4. The van der Waals surface area contributed by atoms with E-state index in [1.807, 2.05) is 12.1 Å². The Kier molecular flexibility index (Phi) is 6.50. The summed E-state index contributed by atoms with van der Waals surface area (Å²) in [5.41, 5.74) is 5.77. The zero-order chi connectivity index (χ0) is 26.9. The van der Waals surface area contributed by atoms with Crippen molar-refractivity contribution in [2.45, 2.75) is 24.9 Å². The minimum atomic E-state index is -2.16. The van der Waals surface area contributed by atoms with E-state index in [1.54, 1.807) is 12.1 Å². The maximum absolute atomic E-state index is 14.2. The first kappa shape index (κ1) is 24.9. The van der Waals surface area contributed by atoms with Crippen molar-refractivity contribution in [2.75, 3.05) is 0 Å². The number of halogens is 1. The van der Waals surface area contributed by atoms with Gasteiger partial charge in [0.15, 0.2) is 0 Å². The van der Waals surface area contributed by atoms with Crippen molar-refractivity contribution >= 4 is 34.1 Å². The van der Waals surface area contributed by atoms with Crippen molar-refractivity contribution in [3.05, 3.63) is 157 Å². The number of aromatic nitrogens is 1. The molecule has 5 aromatic carbocycles. The Morgan fingerprint density at radius 2 is 1.10 bits per heavy atom. The van der Waals surface area contributed by atoms with E-state index in [4.69, 9.17) is 4.98 Å². The predicted octanol–water partition coefficient (Wildman–Crippen LogP) is 8.41. The Bertz CT molecular complexity index is 1670. The monoisotopic (exact) mass is 538 g/mol. The van der Waals surface area contributed by atoms with Gasteiger partial charge in [-0.1, -0.05) is 84.9 Å². The molecule has 194 valence electrons. The van der Waals surface area contributed by atoms with Gasteiger partial charge >= 0.3 is 0 Å². The van der Waals surface area contributed by atoms with Gasteiger partial charge in [-0.15, -0.1) is 0 Å². The quantitative estimate of drug-likeness (QED) is 0.186. The Labute approximate surface area is 235 Å². The molecule has 40 heavy (non-hydrogen) atoms. The lowest BCUT2D eigenvalue weighted by atomic mass is 9.93. The highest BCUT2D eigenvalue weighted by molar-refractivity contribution is 7.95. The van der Waals surface area contributed by atoms with Gasteiger partial charge in [0.05, 0.1) is 11.2 Å². The first-order valence-electron chi connectivity index (χ1n) is 14.0. The van der Waals surface area contributed by atoms with Crippen LogP contribution in [0, 0.1) is 5.82 Å². The van der Waals surface area contributed by atoms with Crippen LogP contribution in [0.5, 0.6) is 0 Å². The zero-order valence-corrected chi connectivity index (χ0v) is 23.1. The average Bonchev–Trinajstić information content (AvgIpc) is 3.87. The number of rotatable bonds is 7. The SMILES string of the molecule is Fc1ccc(-c2c(C[P+](c3ccccc3)(c3ccccc3)c3ccccc3)c(C3CC3)nc3ccccc23)cc1. The van der Waals surface area contributed by atoms with E-state index in [-0.39, 0.29) is 5.82 Å². The summed E-state index contributed by atoms with van der Waals surface area (Å²) in [5, 5.41) is 5.19. The van der Waals surface area contributed by atoms with Crippen molar-refractivity contribution < 1.29 is 4.39 Å². The molecule has 1 aliphatic carbocycles. The summed E-state index contributed by atoms with van der Waals surface area (Å²) in [6, 6.07) is 48.6. The third-order valence-electron chi connectivity index (χ3n) is 8.11. The van der Waals surface area contributed by atoms with E-state index in [2.05, 4.69) is 115 Å². The summed E-state index contributed by atoms with van der Waals surface area (Å²) in [5.74, 6) is 0.244. The fourth-order valence-electron chi connectivity index (χ4n) is 6.08. The number of pyridine rings is 1. The van der Waals surface area contributed by atoms with Crippen LogP contribution in [0.3, 0.4) is 0 Å². The van der Waals surface area contributed by atoms with Crippen molar-refractivity contribution in [2.24, 2.45) is 0 Å². The molecule has 0 atom stereocenters. The van der Waals surface area contributed by atoms with Crippen LogP contribution in [-0.2, 0) is 6.16 Å². The molecular weight excluding hydrogens is 508 g/mol. The van der Waals surface area contributed by atoms with Gasteiger partial charge in [0.25, 0.3) is 0 Å². The Morgan fingerprint density at radius 1 is 0.600 bits per heavy atom. The summed E-state index contributed by atoms with van der Waals surface area (Å²) in [7, 11) is -2.16. The van der Waals surface area contributed by atoms with Gasteiger partial charge < -0.3 is 0 Å². The molecule has 1 fully saturated rings. The van der Waals surface area contributed by atoms with Gasteiger partial charge in [-0.25, -0.2) is 4.39 Å². The van der Waals surface area contributed by atoms with Crippen LogP contribution >= 0.6 is 7.26 Å². The lowest BCUT2D eigenvalue weighted by Crippen LogP contribution is -2.33. The molecule has 7 rings (SSSR count). The molecule has 1 nitrogen and oxygen atoms in total. The second-order valence-corrected chi connectivity index (χ2v) is 14.1. The molecular formula is C37H30FNP+. The highest BCUT2D eigenvalue weighted by atomic mass is 31.2. The van der Waals surface area contributed by atoms with Crippen LogP contribution < -0.4 is 15.9 Å². The largest absolute Gasteiger partial charge is 0.252 e. The molecule has 0 spiro atoms. The first-order chi connectivity index (χ1) is 19.7. The van der Waals surface area contributed by atoms with Crippen LogP contribution in [0.25, 0.3) is 22.0 Å². The fourth-order valence-corrected chi connectivity index (χ4v) is 10.4. The first-order valence-corrected chi connectivity index (χ1v) is 15.9. The maximum Gasteiger partial charge on any atom is 0.123 e. The molecule has 0 amide bonds. The molecule has 1 aromatic heterocycles. The summed E-state index contributed by atoms with van der Waals surface area (Å²) in [6.45, 7) is 0. The minimum absolute atomic E-state index is 0.217. The standard InChI is InChI=1S/C37H30FNP/c38-29-24-22-27(23-25-29)36-33-18-10-11-19-35(33)39-37(28-20-21-28)34(36)26-40(30-12-4-1-5-13-30,31-14-6-2-7-15-31)32-16-8-3-9-17-32/h1-19,22-25,28H,20-21,26H2/q+1. The summed E-state index contributed by atoms with van der Waals surface area (Å²) in [6.07, 6.45) is 3.17. The lowest BCUT2D eigenvalue weighted by Gasteiger charge is -2.30. The van der Waals surface area contributed by atoms with E-state index in [0.29, 0.717) is 5.92 Å². The van der Waals surface area contributed by atoms with Gasteiger partial charge in [0.2, 0.25) is 0 Å². The molecule has 0 saturated heterocycles. The molecule has 1 aliphatic rings. The van der Waals surface area contributed by atoms with Gasteiger partial charge in [-0.3, -0.25) is 4.98 Å². The van der Waals surface area contributed by atoms with Crippen molar-refractivity contribution in [1.82, 2.24) is 4.98 Å². The van der Waals surface area contributed by atoms with Crippen molar-refractivity contribution in [3.63, 3.8) is 0 Å². The molecule has 1 heterocycles. The van der Waals surface area contributed by atoms with E-state index in [0.717, 1.165) is 35.5 Å². The molecule has 0 radical (unpaired) electrons. The topological polar surface area (TPSA) is 12.9 Å². The highest BCUT2D eigenvalue weighted by Gasteiger charge is 2.47. The van der Waals surface area contributed by atoms with E-state index in [9.17, 15) is 4.39 Å². The fraction of sp³-hybridized carbons (Fsp3) is 0.108. The number of fused-ring (bicyclic) bond motifs is 1. The van der Waals surface area contributed by atoms with Gasteiger partial charge in [-0.2, -0.15) is 0 Å². The molecule has 0 unspecified atom stereocenters. The summed E-state index contributed by atoms with van der Waals surface area (Å²) in [4.78, 5) is 5.35. The number of nitrogens with zero attached hydrogens (tertiary/aromatic N) is 1. The average molecular weight is 539 g/mol. The van der Waals surface area contributed by atoms with Crippen molar-refractivity contribution in [3.8, 4) is 11.1 Å².